The third kappa shape index (κ3) is 5.94. The molecule has 0 fully saturated rings. The number of carbonyl (C=O) groups is 3. The van der Waals surface area contributed by atoms with E-state index in [-0.39, 0.29) is 12.8 Å². The van der Waals surface area contributed by atoms with Crippen molar-refractivity contribution < 1.29 is 33.3 Å². The first-order valence-corrected chi connectivity index (χ1v) is 11.5. The zero-order chi connectivity index (χ0) is 27.3. The molecule has 1 aliphatic rings. The Morgan fingerprint density at radius 3 is 2.14 bits per heavy atom. The average molecular weight is 508 g/mol. The molecule has 10 heteroatoms. The Hall–Kier alpha value is -4.26. The lowest BCUT2D eigenvalue weighted by Gasteiger charge is -2.33. The van der Waals surface area contributed by atoms with Crippen molar-refractivity contribution in [2.45, 2.75) is 56.4 Å². The fraction of sp³-hybridized carbons (Fsp3) is 0.407. The van der Waals surface area contributed by atoms with E-state index in [0.29, 0.717) is 11.1 Å². The number of rotatable bonds is 7. The Balaban J connectivity index is 2.13. The molecule has 2 aromatic rings. The standard InChI is InChI=1S/C27H29N3O7/c1-25(2,3)37-24(33)36-21(20-13-11-19(16-28)12-14-20)27(23(32)35-5)17-26(29-30-27,22(31)34-4)15-18-9-7-6-8-10-18/h6-14,21H,15,17H2,1-5H3/t21-,26+,27+/m0/s1. The molecular formula is C27H29N3O7. The van der Waals surface area contributed by atoms with Crippen molar-refractivity contribution in [2.75, 3.05) is 14.2 Å². The number of hydrogen-bond donors (Lipinski definition) is 0. The highest BCUT2D eigenvalue weighted by atomic mass is 16.7. The Bertz CT molecular complexity index is 1220. The summed E-state index contributed by atoms with van der Waals surface area (Å²) in [4.78, 5) is 39.3. The van der Waals surface area contributed by atoms with Crippen LogP contribution in [-0.2, 0) is 35.0 Å². The molecule has 1 heterocycles. The highest BCUT2D eigenvalue weighted by molar-refractivity contribution is 5.88. The lowest BCUT2D eigenvalue weighted by atomic mass is 9.76. The zero-order valence-electron chi connectivity index (χ0n) is 21.4. The molecule has 194 valence electrons. The molecule has 0 unspecified atom stereocenters. The minimum absolute atomic E-state index is 0.0787. The minimum atomic E-state index is -1.94. The van der Waals surface area contributed by atoms with Gasteiger partial charge in [0.15, 0.2) is 11.6 Å². The van der Waals surface area contributed by atoms with Crippen molar-refractivity contribution in [2.24, 2.45) is 10.2 Å². The van der Waals surface area contributed by atoms with Crippen LogP contribution in [0.3, 0.4) is 0 Å². The van der Waals surface area contributed by atoms with Crippen LogP contribution in [0.5, 0.6) is 0 Å². The SMILES string of the molecule is COC(=O)[C@@]1(Cc2ccccc2)C[C@](C(=O)OC)([C@@H](OC(=O)OC(C)(C)C)c2ccc(C#N)cc2)N=N1. The first-order valence-electron chi connectivity index (χ1n) is 11.5. The number of nitriles is 1. The van der Waals surface area contributed by atoms with Crippen molar-refractivity contribution in [1.82, 2.24) is 0 Å². The van der Waals surface area contributed by atoms with Crippen molar-refractivity contribution in [1.29, 1.82) is 5.26 Å². The Labute approximate surface area is 215 Å². The summed E-state index contributed by atoms with van der Waals surface area (Å²) in [5.74, 6) is -1.57. The van der Waals surface area contributed by atoms with Gasteiger partial charge in [-0.3, -0.25) is 0 Å². The fourth-order valence-electron chi connectivity index (χ4n) is 4.19. The molecule has 1 aliphatic heterocycles. The molecule has 0 saturated carbocycles. The van der Waals surface area contributed by atoms with E-state index in [1.165, 1.54) is 31.4 Å². The zero-order valence-corrected chi connectivity index (χ0v) is 21.4. The number of ether oxygens (including phenoxy) is 4. The molecule has 10 nitrogen and oxygen atoms in total. The second-order valence-corrected chi connectivity index (χ2v) is 9.67. The fourth-order valence-corrected chi connectivity index (χ4v) is 4.19. The van der Waals surface area contributed by atoms with E-state index in [1.807, 2.05) is 36.4 Å². The molecule has 0 N–H and O–H groups in total. The van der Waals surface area contributed by atoms with E-state index in [0.717, 1.165) is 12.7 Å². The normalized spacial score (nSPS) is 21.4. The molecule has 0 saturated heterocycles. The number of nitrogens with zero attached hydrogens (tertiary/aromatic N) is 3. The molecule has 0 aromatic heterocycles. The van der Waals surface area contributed by atoms with Gasteiger partial charge in [0.25, 0.3) is 0 Å². The predicted octanol–water partition coefficient (Wildman–Crippen LogP) is 4.47. The average Bonchev–Trinajstić information content (AvgIpc) is 3.27. The second-order valence-electron chi connectivity index (χ2n) is 9.67. The van der Waals surface area contributed by atoms with Crippen LogP contribution in [0.25, 0.3) is 0 Å². The van der Waals surface area contributed by atoms with Crippen LogP contribution in [0.4, 0.5) is 4.79 Å². The predicted molar refractivity (Wildman–Crippen MR) is 130 cm³/mol. The van der Waals surface area contributed by atoms with E-state index in [9.17, 15) is 19.6 Å². The maximum atomic E-state index is 13.4. The van der Waals surface area contributed by atoms with E-state index < -0.39 is 40.9 Å². The van der Waals surface area contributed by atoms with E-state index in [1.54, 1.807) is 20.8 Å². The molecule has 0 bridgehead atoms. The highest BCUT2D eigenvalue weighted by Gasteiger charge is 2.62. The van der Waals surface area contributed by atoms with Crippen LogP contribution < -0.4 is 0 Å². The summed E-state index contributed by atoms with van der Waals surface area (Å²) in [6, 6.07) is 17.2. The lowest BCUT2D eigenvalue weighted by Crippen LogP contribution is -2.50. The van der Waals surface area contributed by atoms with Gasteiger partial charge in [-0.05, 0) is 44.0 Å². The van der Waals surface area contributed by atoms with Gasteiger partial charge in [-0.25, -0.2) is 14.4 Å². The summed E-state index contributed by atoms with van der Waals surface area (Å²) in [6.07, 6.45) is -2.68. The highest BCUT2D eigenvalue weighted by Crippen LogP contribution is 2.48. The number of azo groups is 1. The van der Waals surface area contributed by atoms with Crippen LogP contribution in [0.1, 0.15) is 50.0 Å². The van der Waals surface area contributed by atoms with E-state index in [4.69, 9.17) is 18.9 Å². The molecule has 0 spiro atoms. The quantitative estimate of drug-likeness (QED) is 0.395. The number of carbonyl (C=O) groups excluding carboxylic acids is 3. The van der Waals surface area contributed by atoms with Crippen molar-refractivity contribution in [3.05, 3.63) is 71.3 Å². The largest absolute Gasteiger partial charge is 0.509 e. The smallest absolute Gasteiger partial charge is 0.467 e. The van der Waals surface area contributed by atoms with E-state index in [2.05, 4.69) is 10.2 Å². The van der Waals surface area contributed by atoms with Gasteiger partial charge in [-0.2, -0.15) is 15.5 Å². The number of esters is 2. The lowest BCUT2D eigenvalue weighted by molar-refractivity contribution is -0.155. The van der Waals surface area contributed by atoms with Gasteiger partial charge in [0.05, 0.1) is 25.9 Å². The Kier molecular flexibility index (Phi) is 7.96. The Morgan fingerprint density at radius 2 is 1.59 bits per heavy atom. The molecule has 3 atom stereocenters. The van der Waals surface area contributed by atoms with Crippen LogP contribution in [0.15, 0.2) is 64.8 Å². The Morgan fingerprint density at radius 1 is 0.973 bits per heavy atom. The first kappa shape index (κ1) is 27.3. The molecule has 2 aromatic carbocycles. The summed E-state index contributed by atoms with van der Waals surface area (Å²) in [5, 5.41) is 17.8. The monoisotopic (exact) mass is 507 g/mol. The molecule has 0 amide bonds. The van der Waals surface area contributed by atoms with Crippen LogP contribution in [0, 0.1) is 11.3 Å². The maximum Gasteiger partial charge on any atom is 0.509 e. The molecule has 37 heavy (non-hydrogen) atoms. The number of methoxy groups -OCH3 is 2. The van der Waals surface area contributed by atoms with Gasteiger partial charge < -0.3 is 18.9 Å². The van der Waals surface area contributed by atoms with Crippen molar-refractivity contribution >= 4 is 18.1 Å². The van der Waals surface area contributed by atoms with E-state index >= 15 is 0 Å². The third-order valence-corrected chi connectivity index (χ3v) is 5.81. The van der Waals surface area contributed by atoms with Crippen LogP contribution >= 0.6 is 0 Å². The van der Waals surface area contributed by atoms with Gasteiger partial charge in [0, 0.05) is 12.8 Å². The topological polar surface area (TPSA) is 137 Å². The summed E-state index contributed by atoms with van der Waals surface area (Å²) < 4.78 is 21.2. The summed E-state index contributed by atoms with van der Waals surface area (Å²) in [5.41, 5.74) is -2.97. The third-order valence-electron chi connectivity index (χ3n) is 5.81. The summed E-state index contributed by atoms with van der Waals surface area (Å²) >= 11 is 0. The minimum Gasteiger partial charge on any atom is -0.467 e. The van der Waals surface area contributed by atoms with Gasteiger partial charge in [0.2, 0.25) is 5.54 Å². The second kappa shape index (κ2) is 10.8. The van der Waals surface area contributed by atoms with Crippen molar-refractivity contribution in [3.8, 4) is 6.07 Å². The van der Waals surface area contributed by atoms with Gasteiger partial charge >= 0.3 is 18.1 Å². The molecule has 3 rings (SSSR count). The maximum absolute atomic E-state index is 13.4. The van der Waals surface area contributed by atoms with Crippen molar-refractivity contribution in [3.63, 3.8) is 0 Å². The molecule has 0 aliphatic carbocycles. The van der Waals surface area contributed by atoms with Crippen LogP contribution in [-0.4, -0.2) is 49.0 Å². The summed E-state index contributed by atoms with van der Waals surface area (Å²) in [7, 11) is 2.39. The van der Waals surface area contributed by atoms with Gasteiger partial charge in [-0.1, -0.05) is 42.5 Å². The number of benzene rings is 2. The summed E-state index contributed by atoms with van der Waals surface area (Å²) in [6.45, 7) is 5.00. The number of hydrogen-bond acceptors (Lipinski definition) is 10. The van der Waals surface area contributed by atoms with Gasteiger partial charge in [0.1, 0.15) is 5.60 Å². The van der Waals surface area contributed by atoms with Gasteiger partial charge in [-0.15, -0.1) is 0 Å². The molecule has 0 radical (unpaired) electrons. The molecular weight excluding hydrogens is 478 g/mol. The van der Waals surface area contributed by atoms with Crippen LogP contribution in [0.2, 0.25) is 0 Å². The first-order chi connectivity index (χ1) is 17.5.